The van der Waals surface area contributed by atoms with E-state index >= 15 is 0 Å². The number of H-pyrrole nitrogens is 1. The predicted molar refractivity (Wildman–Crippen MR) is 63.7 cm³/mol. The Hall–Kier alpha value is -2.90. The molecule has 2 rings (SSSR count). The van der Waals surface area contributed by atoms with Crippen molar-refractivity contribution in [2.45, 2.75) is 0 Å². The minimum Gasteiger partial charge on any atom is -0.382 e. The largest absolute Gasteiger partial charge is 0.382 e. The van der Waals surface area contributed by atoms with Crippen LogP contribution in [0.5, 0.6) is 0 Å². The van der Waals surface area contributed by atoms with Gasteiger partial charge in [-0.1, -0.05) is 0 Å². The third-order valence-electron chi connectivity index (χ3n) is 2.15. The number of hydrogen-bond acceptors (Lipinski definition) is 5. The Balaban J connectivity index is 2.16. The Morgan fingerprint density at radius 3 is 2.61 bits per heavy atom. The summed E-state index contributed by atoms with van der Waals surface area (Å²) in [7, 11) is 0. The Kier molecular flexibility index (Phi) is 2.92. The van der Waals surface area contributed by atoms with E-state index in [0.29, 0.717) is 5.69 Å². The quantitative estimate of drug-likeness (QED) is 0.590. The second-order valence-corrected chi connectivity index (χ2v) is 3.41. The number of rotatable bonds is 3. The van der Waals surface area contributed by atoms with Crippen LogP contribution in [0.25, 0.3) is 0 Å². The molecule has 0 radical (unpaired) electrons. The Bertz CT molecular complexity index is 606. The fraction of sp³-hybridized carbons (Fsp3) is 0. The van der Waals surface area contributed by atoms with E-state index in [1.807, 2.05) is 0 Å². The maximum Gasteiger partial charge on any atom is 0.278 e. The van der Waals surface area contributed by atoms with Crippen molar-refractivity contribution in [1.29, 1.82) is 0 Å². The van der Waals surface area contributed by atoms with E-state index in [4.69, 9.17) is 11.5 Å². The molecule has 0 aliphatic rings. The molecule has 8 heteroatoms. The Morgan fingerprint density at radius 2 is 2.00 bits per heavy atom. The van der Waals surface area contributed by atoms with E-state index in [9.17, 15) is 9.59 Å². The van der Waals surface area contributed by atoms with Crippen molar-refractivity contribution >= 4 is 23.3 Å². The summed E-state index contributed by atoms with van der Waals surface area (Å²) >= 11 is 0. The van der Waals surface area contributed by atoms with Gasteiger partial charge in [0.25, 0.3) is 11.8 Å². The lowest BCUT2D eigenvalue weighted by molar-refractivity contribution is 0.0992. The Labute approximate surface area is 101 Å². The van der Waals surface area contributed by atoms with E-state index in [1.165, 1.54) is 24.7 Å². The van der Waals surface area contributed by atoms with Crippen LogP contribution in [-0.2, 0) is 0 Å². The van der Waals surface area contributed by atoms with Crippen molar-refractivity contribution in [2.24, 2.45) is 5.73 Å². The van der Waals surface area contributed by atoms with Crippen molar-refractivity contribution < 1.29 is 9.59 Å². The van der Waals surface area contributed by atoms with E-state index in [0.717, 1.165) is 0 Å². The summed E-state index contributed by atoms with van der Waals surface area (Å²) in [6.07, 6.45) is 4.18. The van der Waals surface area contributed by atoms with Gasteiger partial charge in [-0.2, -0.15) is 0 Å². The van der Waals surface area contributed by atoms with E-state index in [-0.39, 0.29) is 17.2 Å². The molecule has 0 fully saturated rings. The summed E-state index contributed by atoms with van der Waals surface area (Å²) in [5.74, 6) is -1.11. The number of aromatic nitrogens is 3. The van der Waals surface area contributed by atoms with Crippen LogP contribution in [0.15, 0.2) is 24.7 Å². The molecule has 2 aromatic heterocycles. The summed E-state index contributed by atoms with van der Waals surface area (Å²) < 4.78 is 0. The minimum absolute atomic E-state index is 0.0133. The zero-order chi connectivity index (χ0) is 13.1. The monoisotopic (exact) mass is 246 g/mol. The number of nitrogens with one attached hydrogen (secondary N) is 2. The van der Waals surface area contributed by atoms with Crippen molar-refractivity contribution in [2.75, 3.05) is 11.1 Å². The maximum atomic E-state index is 11.8. The number of nitrogens with zero attached hydrogens (tertiary/aromatic N) is 2. The maximum absolute atomic E-state index is 11.8. The van der Waals surface area contributed by atoms with E-state index in [1.54, 1.807) is 0 Å². The lowest BCUT2D eigenvalue weighted by atomic mass is 10.3. The van der Waals surface area contributed by atoms with Crippen molar-refractivity contribution in [1.82, 2.24) is 15.0 Å². The first kappa shape index (κ1) is 11.6. The summed E-state index contributed by atoms with van der Waals surface area (Å²) in [6.45, 7) is 0. The zero-order valence-corrected chi connectivity index (χ0v) is 9.18. The molecule has 0 aliphatic carbocycles. The first-order valence-electron chi connectivity index (χ1n) is 4.94. The van der Waals surface area contributed by atoms with Crippen molar-refractivity contribution in [3.8, 4) is 0 Å². The SMILES string of the molecule is NC(=O)c1cc(NC(=O)c2nccnc2N)c[nH]1. The molecule has 92 valence electrons. The van der Waals surface area contributed by atoms with Gasteiger partial charge in [0.2, 0.25) is 0 Å². The van der Waals surface area contributed by atoms with Gasteiger partial charge in [0.05, 0.1) is 5.69 Å². The number of nitrogens with two attached hydrogens (primary N) is 2. The molecule has 6 N–H and O–H groups in total. The Morgan fingerprint density at radius 1 is 1.28 bits per heavy atom. The molecular formula is C10H10N6O2. The summed E-state index contributed by atoms with van der Waals surface area (Å²) in [4.78, 5) is 32.8. The molecular weight excluding hydrogens is 236 g/mol. The molecule has 0 aromatic carbocycles. The highest BCUT2D eigenvalue weighted by Crippen LogP contribution is 2.12. The lowest BCUT2D eigenvalue weighted by Gasteiger charge is -2.03. The minimum atomic E-state index is -0.616. The number of amides is 2. The number of carbonyl (C=O) groups excluding carboxylic acids is 2. The van der Waals surface area contributed by atoms with Gasteiger partial charge in [0, 0.05) is 18.6 Å². The lowest BCUT2D eigenvalue weighted by Crippen LogP contribution is -2.16. The molecule has 0 aliphatic heterocycles. The van der Waals surface area contributed by atoms with E-state index in [2.05, 4.69) is 20.3 Å². The summed E-state index contributed by atoms with van der Waals surface area (Å²) in [6, 6.07) is 1.41. The van der Waals surface area contributed by atoms with Crippen molar-refractivity contribution in [3.63, 3.8) is 0 Å². The number of anilines is 2. The molecule has 0 atom stereocenters. The summed E-state index contributed by atoms with van der Waals surface area (Å²) in [5.41, 5.74) is 11.2. The molecule has 18 heavy (non-hydrogen) atoms. The number of carbonyl (C=O) groups is 2. The van der Waals surface area contributed by atoms with Crippen LogP contribution >= 0.6 is 0 Å². The average molecular weight is 246 g/mol. The fourth-order valence-corrected chi connectivity index (χ4v) is 1.32. The van der Waals surface area contributed by atoms with Crippen LogP contribution in [0.4, 0.5) is 11.5 Å². The third kappa shape index (κ3) is 2.26. The zero-order valence-electron chi connectivity index (χ0n) is 9.18. The van der Waals surface area contributed by atoms with Gasteiger partial charge in [-0.25, -0.2) is 9.97 Å². The third-order valence-corrected chi connectivity index (χ3v) is 2.15. The standard InChI is InChI=1S/C10H10N6O2/c11-8-7(13-1-2-14-8)10(18)16-5-3-6(9(12)17)15-4-5/h1-4,15H,(H2,11,14)(H2,12,17)(H,16,18). The highest BCUT2D eigenvalue weighted by atomic mass is 16.2. The molecule has 2 heterocycles. The van der Waals surface area contributed by atoms with Crippen LogP contribution in [0.1, 0.15) is 21.0 Å². The van der Waals surface area contributed by atoms with Crippen LogP contribution in [0.2, 0.25) is 0 Å². The number of hydrogen-bond donors (Lipinski definition) is 4. The second kappa shape index (κ2) is 4.53. The first-order valence-corrected chi connectivity index (χ1v) is 4.94. The van der Waals surface area contributed by atoms with Gasteiger partial charge in [-0.3, -0.25) is 9.59 Å². The van der Waals surface area contributed by atoms with Gasteiger partial charge in [-0.15, -0.1) is 0 Å². The van der Waals surface area contributed by atoms with Crippen molar-refractivity contribution in [3.05, 3.63) is 36.0 Å². The second-order valence-electron chi connectivity index (χ2n) is 3.41. The van der Waals surface area contributed by atoms with Crippen LogP contribution in [0.3, 0.4) is 0 Å². The molecule has 0 saturated heterocycles. The van der Waals surface area contributed by atoms with Gasteiger partial charge in [-0.05, 0) is 6.07 Å². The molecule has 0 bridgehead atoms. The molecule has 0 unspecified atom stereocenters. The normalized spacial score (nSPS) is 10.0. The van der Waals surface area contributed by atoms with E-state index < -0.39 is 11.8 Å². The molecule has 8 nitrogen and oxygen atoms in total. The summed E-state index contributed by atoms with van der Waals surface area (Å²) in [5, 5.41) is 2.51. The van der Waals surface area contributed by atoms with Gasteiger partial charge >= 0.3 is 0 Å². The smallest absolute Gasteiger partial charge is 0.278 e. The highest BCUT2D eigenvalue weighted by Gasteiger charge is 2.13. The van der Waals surface area contributed by atoms with Crippen LogP contribution < -0.4 is 16.8 Å². The van der Waals surface area contributed by atoms with Gasteiger partial charge in [0.1, 0.15) is 5.69 Å². The average Bonchev–Trinajstić information content (AvgIpc) is 2.78. The van der Waals surface area contributed by atoms with Gasteiger partial charge in [0.15, 0.2) is 11.5 Å². The fourth-order valence-electron chi connectivity index (χ4n) is 1.32. The van der Waals surface area contributed by atoms with Gasteiger partial charge < -0.3 is 21.8 Å². The molecule has 2 aromatic rings. The first-order chi connectivity index (χ1) is 8.58. The number of aromatic amines is 1. The highest BCUT2D eigenvalue weighted by molar-refractivity contribution is 6.06. The van der Waals surface area contributed by atoms with Crippen LogP contribution in [0, 0.1) is 0 Å². The predicted octanol–water partition coefficient (Wildman–Crippen LogP) is -0.262. The topological polar surface area (TPSA) is 140 Å². The molecule has 0 saturated carbocycles. The molecule has 0 spiro atoms. The molecule has 2 amide bonds. The number of primary amides is 1. The van der Waals surface area contributed by atoms with Crippen LogP contribution in [-0.4, -0.2) is 26.8 Å². The number of nitrogen functional groups attached to an aromatic ring is 1.